The molecule has 4 heteroatoms. The van der Waals surface area contributed by atoms with E-state index in [0.717, 1.165) is 11.0 Å². The first-order chi connectivity index (χ1) is 8.36. The Hall–Kier alpha value is -2.49. The normalized spacial score (nSPS) is 9.41. The van der Waals surface area contributed by atoms with Crippen molar-refractivity contribution in [1.82, 2.24) is 15.0 Å². The molecule has 0 radical (unpaired) electrons. The van der Waals surface area contributed by atoms with Crippen LogP contribution < -0.4 is 5.73 Å². The number of nitrogen functional groups attached to an aromatic ring is 1. The van der Waals surface area contributed by atoms with Crippen LogP contribution in [-0.2, 0) is 0 Å². The van der Waals surface area contributed by atoms with Crippen molar-refractivity contribution in [2.75, 3.05) is 5.73 Å². The fourth-order valence-electron chi connectivity index (χ4n) is 1.28. The molecule has 0 unspecified atom stereocenters. The molecule has 0 aromatic carbocycles. The zero-order valence-corrected chi connectivity index (χ0v) is 9.19. The lowest BCUT2D eigenvalue weighted by molar-refractivity contribution is 1.29. The van der Waals surface area contributed by atoms with Gasteiger partial charge in [0.05, 0.1) is 0 Å². The van der Waals surface area contributed by atoms with Gasteiger partial charge in [-0.25, -0.2) is 15.0 Å². The summed E-state index contributed by atoms with van der Waals surface area (Å²) < 4.78 is 0. The summed E-state index contributed by atoms with van der Waals surface area (Å²) in [6.45, 7) is 0. The van der Waals surface area contributed by atoms with Crippen LogP contribution in [0.2, 0.25) is 0 Å². The smallest absolute Gasteiger partial charge is 0.159 e. The van der Waals surface area contributed by atoms with Gasteiger partial charge in [-0.1, -0.05) is 6.07 Å². The second kappa shape index (κ2) is 5.55. The highest BCUT2D eigenvalue weighted by atomic mass is 14.8. The summed E-state index contributed by atoms with van der Waals surface area (Å²) in [7, 11) is 0. The molecule has 2 N–H and O–H groups in total. The van der Waals surface area contributed by atoms with Crippen molar-refractivity contribution in [3.05, 3.63) is 61.1 Å². The molecule has 3 rings (SSSR count). The fraction of sp³-hybridized carbons (Fsp3) is 0. The van der Waals surface area contributed by atoms with Crippen LogP contribution in [0, 0.1) is 0 Å². The first-order valence-corrected chi connectivity index (χ1v) is 5.18. The molecule has 0 amide bonds. The number of nitrogens with zero attached hydrogens (tertiary/aromatic N) is 3. The minimum atomic E-state index is 0.572. The van der Waals surface area contributed by atoms with E-state index in [9.17, 15) is 0 Å². The summed E-state index contributed by atoms with van der Waals surface area (Å²) in [5.41, 5.74) is 6.06. The minimum absolute atomic E-state index is 0.572. The van der Waals surface area contributed by atoms with E-state index < -0.39 is 0 Å². The molecule has 0 aliphatic rings. The van der Waals surface area contributed by atoms with E-state index in [1.807, 2.05) is 36.4 Å². The topological polar surface area (TPSA) is 64.7 Å². The molecule has 0 spiro atoms. The van der Waals surface area contributed by atoms with Crippen molar-refractivity contribution in [3.8, 4) is 0 Å². The predicted molar refractivity (Wildman–Crippen MR) is 68.2 cm³/mol. The minimum Gasteiger partial charge on any atom is -0.384 e. The van der Waals surface area contributed by atoms with Crippen molar-refractivity contribution in [2.45, 2.75) is 0 Å². The zero-order chi connectivity index (χ0) is 11.9. The maximum absolute atomic E-state index is 5.25. The van der Waals surface area contributed by atoms with Gasteiger partial charge in [-0.05, 0) is 36.4 Å². The lowest BCUT2D eigenvalue weighted by atomic mass is 10.3. The number of rotatable bonds is 0. The first-order valence-electron chi connectivity index (χ1n) is 5.18. The van der Waals surface area contributed by atoms with Crippen molar-refractivity contribution in [1.29, 1.82) is 0 Å². The highest BCUT2D eigenvalue weighted by Gasteiger charge is 1.88. The molecule has 0 saturated carbocycles. The van der Waals surface area contributed by atoms with E-state index in [0.29, 0.717) is 5.82 Å². The monoisotopic (exact) mass is 224 g/mol. The Kier molecular flexibility index (Phi) is 3.60. The van der Waals surface area contributed by atoms with Crippen LogP contribution in [0.5, 0.6) is 0 Å². The van der Waals surface area contributed by atoms with Crippen molar-refractivity contribution >= 4 is 16.9 Å². The van der Waals surface area contributed by atoms with Crippen LogP contribution in [0.1, 0.15) is 0 Å². The Labute approximate surface area is 99.2 Å². The molecular weight excluding hydrogens is 212 g/mol. The number of nitrogens with two attached hydrogens (primary N) is 1. The summed E-state index contributed by atoms with van der Waals surface area (Å²) in [5, 5.41) is 1.09. The van der Waals surface area contributed by atoms with Gasteiger partial charge < -0.3 is 5.73 Å². The van der Waals surface area contributed by atoms with Crippen LogP contribution in [-0.4, -0.2) is 15.0 Å². The molecule has 3 aromatic rings. The van der Waals surface area contributed by atoms with Crippen LogP contribution in [0.25, 0.3) is 11.0 Å². The van der Waals surface area contributed by atoms with E-state index in [2.05, 4.69) is 15.0 Å². The van der Waals surface area contributed by atoms with Crippen molar-refractivity contribution < 1.29 is 0 Å². The number of pyridine rings is 3. The zero-order valence-electron chi connectivity index (χ0n) is 9.19. The van der Waals surface area contributed by atoms with Gasteiger partial charge in [0.25, 0.3) is 0 Å². The molecule has 84 valence electrons. The van der Waals surface area contributed by atoms with Gasteiger partial charge in [-0.2, -0.15) is 0 Å². The third-order valence-electron chi connectivity index (χ3n) is 2.06. The maximum Gasteiger partial charge on any atom is 0.159 e. The average molecular weight is 224 g/mol. The maximum atomic E-state index is 5.25. The van der Waals surface area contributed by atoms with E-state index in [1.165, 1.54) is 0 Å². The van der Waals surface area contributed by atoms with Gasteiger partial charge in [0.2, 0.25) is 0 Å². The molecule has 0 saturated heterocycles. The van der Waals surface area contributed by atoms with E-state index in [-0.39, 0.29) is 0 Å². The second-order valence-electron chi connectivity index (χ2n) is 3.31. The highest BCUT2D eigenvalue weighted by Crippen LogP contribution is 2.04. The number of hydrogen-bond acceptors (Lipinski definition) is 4. The first kappa shape index (κ1) is 11.0. The summed E-state index contributed by atoms with van der Waals surface area (Å²) >= 11 is 0. The molecule has 0 aliphatic carbocycles. The van der Waals surface area contributed by atoms with Crippen molar-refractivity contribution in [2.24, 2.45) is 0 Å². The van der Waals surface area contributed by atoms with Gasteiger partial charge in [0.15, 0.2) is 5.65 Å². The third-order valence-corrected chi connectivity index (χ3v) is 2.06. The molecule has 3 aromatic heterocycles. The molecule has 0 atom stereocenters. The molecule has 0 bridgehead atoms. The SMILES string of the molecule is Nc1ccccn1.c1cnc2ncccc2c1. The number of hydrogen-bond donors (Lipinski definition) is 1. The van der Waals surface area contributed by atoms with E-state index in [4.69, 9.17) is 5.73 Å². The van der Waals surface area contributed by atoms with Gasteiger partial charge in [-0.3, -0.25) is 0 Å². The molecule has 17 heavy (non-hydrogen) atoms. The third kappa shape index (κ3) is 3.24. The largest absolute Gasteiger partial charge is 0.384 e. The molecule has 0 fully saturated rings. The van der Waals surface area contributed by atoms with Crippen LogP contribution >= 0.6 is 0 Å². The Morgan fingerprint density at radius 3 is 1.76 bits per heavy atom. The van der Waals surface area contributed by atoms with E-state index in [1.54, 1.807) is 24.7 Å². The predicted octanol–water partition coefficient (Wildman–Crippen LogP) is 2.29. The summed E-state index contributed by atoms with van der Waals surface area (Å²) in [5.74, 6) is 0.572. The van der Waals surface area contributed by atoms with Gasteiger partial charge in [0.1, 0.15) is 5.82 Å². The Morgan fingerprint density at radius 1 is 0.706 bits per heavy atom. The Bertz CT molecular complexity index is 515. The Balaban J connectivity index is 0.000000136. The van der Waals surface area contributed by atoms with Gasteiger partial charge >= 0.3 is 0 Å². The number of anilines is 1. The number of aromatic nitrogens is 3. The second-order valence-corrected chi connectivity index (χ2v) is 3.31. The average Bonchev–Trinajstić information content (AvgIpc) is 2.41. The van der Waals surface area contributed by atoms with Crippen molar-refractivity contribution in [3.63, 3.8) is 0 Å². The molecule has 3 heterocycles. The standard InChI is InChI=1S/C8H6N2.C5H6N2/c1-3-7-4-2-6-10-8(7)9-5-1;6-5-3-1-2-4-7-5/h1-6H;1-4H,(H2,6,7). The number of fused-ring (bicyclic) bond motifs is 1. The van der Waals surface area contributed by atoms with Crippen LogP contribution in [0.3, 0.4) is 0 Å². The molecular formula is C13H12N4. The van der Waals surface area contributed by atoms with Crippen LogP contribution in [0.4, 0.5) is 5.82 Å². The van der Waals surface area contributed by atoms with Gasteiger partial charge in [0, 0.05) is 24.0 Å². The molecule has 0 aliphatic heterocycles. The van der Waals surface area contributed by atoms with Crippen LogP contribution in [0.15, 0.2) is 61.1 Å². The lowest BCUT2D eigenvalue weighted by Crippen LogP contribution is -1.85. The fourth-order valence-corrected chi connectivity index (χ4v) is 1.28. The summed E-state index contributed by atoms with van der Waals surface area (Å²) in [4.78, 5) is 11.9. The summed E-state index contributed by atoms with van der Waals surface area (Å²) in [6, 6.07) is 13.2. The summed E-state index contributed by atoms with van der Waals surface area (Å²) in [6.07, 6.45) is 5.15. The highest BCUT2D eigenvalue weighted by molar-refractivity contribution is 5.73. The van der Waals surface area contributed by atoms with E-state index >= 15 is 0 Å². The lowest BCUT2D eigenvalue weighted by Gasteiger charge is -1.90. The Morgan fingerprint density at radius 2 is 1.35 bits per heavy atom. The molecule has 4 nitrogen and oxygen atoms in total. The van der Waals surface area contributed by atoms with Gasteiger partial charge in [-0.15, -0.1) is 0 Å². The quantitative estimate of drug-likeness (QED) is 0.636.